The van der Waals surface area contributed by atoms with Crippen molar-refractivity contribution in [2.45, 2.75) is 45.6 Å². The summed E-state index contributed by atoms with van der Waals surface area (Å²) in [7, 11) is 0. The largest absolute Gasteiger partial charge is 0.452 e. The molecule has 1 aromatic heterocycles. The lowest BCUT2D eigenvalue weighted by molar-refractivity contribution is -0.119. The second kappa shape index (κ2) is 8.82. The molecule has 0 aliphatic heterocycles. The van der Waals surface area contributed by atoms with Gasteiger partial charge in [0.05, 0.1) is 11.1 Å². The topological polar surface area (TPSA) is 127 Å². The van der Waals surface area contributed by atoms with Crippen LogP contribution in [0.15, 0.2) is 24.3 Å². The summed E-state index contributed by atoms with van der Waals surface area (Å²) < 4.78 is 7.11. The maximum atomic E-state index is 12.5. The van der Waals surface area contributed by atoms with Crippen LogP contribution < -0.4 is 11.1 Å². The molecule has 8 nitrogen and oxygen atoms in total. The third-order valence-electron chi connectivity index (χ3n) is 5.56. The van der Waals surface area contributed by atoms with Crippen LogP contribution in [0.25, 0.3) is 0 Å². The second-order valence-corrected chi connectivity index (χ2v) is 7.42. The quantitative estimate of drug-likeness (QED) is 0.710. The van der Waals surface area contributed by atoms with E-state index in [4.69, 9.17) is 10.5 Å². The monoisotopic (exact) mass is 408 g/mol. The van der Waals surface area contributed by atoms with E-state index in [0.29, 0.717) is 11.4 Å². The molecular formula is C22H24N4O4. The lowest BCUT2D eigenvalue weighted by Crippen LogP contribution is -2.24. The number of benzene rings is 1. The van der Waals surface area contributed by atoms with Crippen LogP contribution in [-0.2, 0) is 9.53 Å². The highest BCUT2D eigenvalue weighted by Gasteiger charge is 2.27. The zero-order valence-corrected chi connectivity index (χ0v) is 17.0. The number of anilines is 1. The second-order valence-electron chi connectivity index (χ2n) is 7.42. The Hall–Kier alpha value is -3.60. The Kier molecular flexibility index (Phi) is 6.21. The summed E-state index contributed by atoms with van der Waals surface area (Å²) in [5, 5.41) is 12.4. The predicted molar refractivity (Wildman–Crippen MR) is 110 cm³/mol. The first kappa shape index (κ1) is 21.1. The van der Waals surface area contributed by atoms with E-state index in [0.717, 1.165) is 36.9 Å². The number of carbonyl (C=O) groups excluding carboxylic acids is 3. The average molecular weight is 408 g/mol. The molecule has 0 bridgehead atoms. The Morgan fingerprint density at radius 2 is 1.77 bits per heavy atom. The molecule has 2 aromatic rings. The summed E-state index contributed by atoms with van der Waals surface area (Å²) in [6, 6.07) is 8.07. The van der Waals surface area contributed by atoms with Crippen molar-refractivity contribution in [3.8, 4) is 6.07 Å². The third kappa shape index (κ3) is 4.20. The molecule has 1 aromatic carbocycles. The molecule has 1 heterocycles. The Bertz CT molecular complexity index is 1020. The molecule has 8 heteroatoms. The molecule has 156 valence electrons. The van der Waals surface area contributed by atoms with E-state index >= 15 is 0 Å². The van der Waals surface area contributed by atoms with Gasteiger partial charge in [-0.3, -0.25) is 9.59 Å². The first-order valence-corrected chi connectivity index (χ1v) is 9.81. The molecule has 0 saturated heterocycles. The van der Waals surface area contributed by atoms with Gasteiger partial charge in [0.25, 0.3) is 5.91 Å². The molecule has 0 spiro atoms. The Balaban J connectivity index is 1.70. The number of carbonyl (C=O) groups is 3. The van der Waals surface area contributed by atoms with Gasteiger partial charge in [-0.15, -0.1) is 0 Å². The smallest absolute Gasteiger partial charge is 0.338 e. The summed E-state index contributed by atoms with van der Waals surface area (Å²) in [4.78, 5) is 35.7. The SMILES string of the molecule is Cc1c(C#N)c(NC(=O)COC(=O)c2ccc(C(N)=O)cc2)n(C2CCCC2)c1C. The van der Waals surface area contributed by atoms with Crippen molar-refractivity contribution in [3.63, 3.8) is 0 Å². The minimum atomic E-state index is -0.694. The summed E-state index contributed by atoms with van der Waals surface area (Å²) in [5.74, 6) is -1.35. The molecule has 1 fully saturated rings. The number of hydrogen-bond donors (Lipinski definition) is 2. The fraction of sp³-hybridized carbons (Fsp3) is 0.364. The van der Waals surface area contributed by atoms with Crippen molar-refractivity contribution in [2.75, 3.05) is 11.9 Å². The Morgan fingerprint density at radius 1 is 1.17 bits per heavy atom. The normalized spacial score (nSPS) is 13.6. The fourth-order valence-corrected chi connectivity index (χ4v) is 3.86. The van der Waals surface area contributed by atoms with Gasteiger partial charge < -0.3 is 20.4 Å². The number of esters is 1. The molecule has 1 aliphatic rings. The van der Waals surface area contributed by atoms with Crippen molar-refractivity contribution in [3.05, 3.63) is 52.2 Å². The molecule has 0 radical (unpaired) electrons. The lowest BCUT2D eigenvalue weighted by Gasteiger charge is -2.19. The number of ether oxygens (including phenoxy) is 1. The van der Waals surface area contributed by atoms with E-state index in [2.05, 4.69) is 11.4 Å². The standard InChI is InChI=1S/C22H24N4O4/c1-13-14(2)26(17-5-3-4-6-17)21(18(13)11-23)25-19(27)12-30-22(29)16-9-7-15(8-10-16)20(24)28/h7-10,17H,3-6,12H2,1-2H3,(H2,24,28)(H,25,27). The van der Waals surface area contributed by atoms with E-state index in [1.807, 2.05) is 18.4 Å². The van der Waals surface area contributed by atoms with Crippen molar-refractivity contribution >= 4 is 23.6 Å². The van der Waals surface area contributed by atoms with Crippen LogP contribution in [0.4, 0.5) is 5.82 Å². The third-order valence-corrected chi connectivity index (χ3v) is 5.56. The van der Waals surface area contributed by atoms with Gasteiger partial charge in [-0.2, -0.15) is 5.26 Å². The first-order chi connectivity index (χ1) is 14.3. The predicted octanol–water partition coefficient (Wildman–Crippen LogP) is 2.99. The number of nitrogens with one attached hydrogen (secondary N) is 1. The van der Waals surface area contributed by atoms with Gasteiger partial charge in [-0.05, 0) is 56.5 Å². The minimum absolute atomic E-state index is 0.200. The number of nitriles is 1. The molecule has 30 heavy (non-hydrogen) atoms. The highest BCUT2D eigenvalue weighted by Crippen LogP contribution is 2.37. The number of aromatic nitrogens is 1. The van der Waals surface area contributed by atoms with Crippen molar-refractivity contribution < 1.29 is 19.1 Å². The highest BCUT2D eigenvalue weighted by molar-refractivity contribution is 5.97. The van der Waals surface area contributed by atoms with Crippen molar-refractivity contribution in [2.24, 2.45) is 5.73 Å². The average Bonchev–Trinajstić information content (AvgIpc) is 3.33. The van der Waals surface area contributed by atoms with Crippen LogP contribution in [0.1, 0.15) is 69.3 Å². The van der Waals surface area contributed by atoms with Gasteiger partial charge in [0.1, 0.15) is 11.9 Å². The van der Waals surface area contributed by atoms with Gasteiger partial charge in [-0.25, -0.2) is 4.79 Å². The van der Waals surface area contributed by atoms with Gasteiger partial charge >= 0.3 is 5.97 Å². The maximum absolute atomic E-state index is 12.5. The van der Waals surface area contributed by atoms with Crippen LogP contribution in [0, 0.1) is 25.2 Å². The number of nitrogens with two attached hydrogens (primary N) is 1. The minimum Gasteiger partial charge on any atom is -0.452 e. The molecule has 1 aliphatic carbocycles. The van der Waals surface area contributed by atoms with E-state index in [9.17, 15) is 19.6 Å². The Labute approximate surface area is 174 Å². The summed E-state index contributed by atoms with van der Waals surface area (Å²) in [5.41, 5.74) is 7.87. The van der Waals surface area contributed by atoms with Crippen molar-refractivity contribution in [1.29, 1.82) is 5.26 Å². The summed E-state index contributed by atoms with van der Waals surface area (Å²) >= 11 is 0. The highest BCUT2D eigenvalue weighted by atomic mass is 16.5. The number of amides is 2. The summed E-state index contributed by atoms with van der Waals surface area (Å²) in [6.07, 6.45) is 4.23. The fourth-order valence-electron chi connectivity index (χ4n) is 3.86. The number of primary amides is 1. The van der Waals surface area contributed by atoms with Crippen LogP contribution in [0.2, 0.25) is 0 Å². The molecular weight excluding hydrogens is 384 g/mol. The number of hydrogen-bond acceptors (Lipinski definition) is 5. The molecule has 2 amide bonds. The van der Waals surface area contributed by atoms with E-state index < -0.39 is 24.4 Å². The van der Waals surface area contributed by atoms with Crippen LogP contribution >= 0.6 is 0 Å². The molecule has 0 unspecified atom stereocenters. The summed E-state index contributed by atoms with van der Waals surface area (Å²) in [6.45, 7) is 3.32. The van der Waals surface area contributed by atoms with Crippen molar-refractivity contribution in [1.82, 2.24) is 4.57 Å². The maximum Gasteiger partial charge on any atom is 0.338 e. The van der Waals surface area contributed by atoms with Gasteiger partial charge in [0.15, 0.2) is 6.61 Å². The van der Waals surface area contributed by atoms with Crippen LogP contribution in [-0.4, -0.2) is 29.0 Å². The van der Waals surface area contributed by atoms with Gasteiger partial charge in [0.2, 0.25) is 5.91 Å². The molecule has 3 rings (SSSR count). The van der Waals surface area contributed by atoms with Gasteiger partial charge in [0, 0.05) is 17.3 Å². The van der Waals surface area contributed by atoms with Gasteiger partial charge in [-0.1, -0.05) is 12.8 Å². The van der Waals surface area contributed by atoms with E-state index in [1.165, 1.54) is 24.3 Å². The van der Waals surface area contributed by atoms with Crippen LogP contribution in [0.5, 0.6) is 0 Å². The zero-order chi connectivity index (χ0) is 21.8. The molecule has 3 N–H and O–H groups in total. The van der Waals surface area contributed by atoms with E-state index in [-0.39, 0.29) is 17.2 Å². The van der Waals surface area contributed by atoms with E-state index in [1.54, 1.807) is 0 Å². The molecule has 1 saturated carbocycles. The lowest BCUT2D eigenvalue weighted by atomic mass is 10.1. The van der Waals surface area contributed by atoms with Crippen LogP contribution in [0.3, 0.4) is 0 Å². The molecule has 0 atom stereocenters. The zero-order valence-electron chi connectivity index (χ0n) is 17.0. The first-order valence-electron chi connectivity index (χ1n) is 9.81. The number of nitrogens with zero attached hydrogens (tertiary/aromatic N) is 2. The number of rotatable bonds is 6. The Morgan fingerprint density at radius 3 is 2.33 bits per heavy atom.